The first-order valence-corrected chi connectivity index (χ1v) is 19.4. The number of aromatic nitrogens is 1. The lowest BCUT2D eigenvalue weighted by Gasteiger charge is -2.26. The van der Waals surface area contributed by atoms with Gasteiger partial charge in [0.25, 0.3) is 0 Å². The van der Waals surface area contributed by atoms with E-state index in [9.17, 15) is 0 Å². The number of rotatable bonds is 7. The fourth-order valence-corrected chi connectivity index (χ4v) is 9.64. The Bertz CT molecular complexity index is 2860. The van der Waals surface area contributed by atoms with Crippen LogP contribution in [0, 0.1) is 0 Å². The topological polar surface area (TPSA) is 16.1 Å². The Morgan fingerprint density at radius 3 is 1.55 bits per heavy atom. The Morgan fingerprint density at radius 2 is 0.887 bits per heavy atom. The Balaban J connectivity index is 1.01. The summed E-state index contributed by atoms with van der Waals surface area (Å²) in [7, 11) is 0. The van der Waals surface area contributed by atoms with Crippen molar-refractivity contribution in [2.75, 3.05) is 4.90 Å². The maximum Gasteiger partial charge on any atom is 0.124 e. The van der Waals surface area contributed by atoms with Gasteiger partial charge in [0, 0.05) is 42.8 Å². The van der Waals surface area contributed by atoms with Crippen LogP contribution in [0.15, 0.2) is 194 Å². The van der Waals surface area contributed by atoms with Crippen LogP contribution < -0.4 is 4.90 Å². The normalized spacial score (nSPS) is 11.4. The van der Waals surface area contributed by atoms with E-state index >= 15 is 0 Å². The van der Waals surface area contributed by atoms with Gasteiger partial charge in [-0.25, -0.2) is 4.98 Å². The number of para-hydroxylation sites is 1. The minimum absolute atomic E-state index is 1.06. The first kappa shape index (κ1) is 31.4. The van der Waals surface area contributed by atoms with Gasteiger partial charge in [-0.1, -0.05) is 133 Å². The summed E-state index contributed by atoms with van der Waals surface area (Å²) >= 11 is 3.65. The van der Waals surface area contributed by atoms with Gasteiger partial charge in [0.05, 0.1) is 10.2 Å². The summed E-state index contributed by atoms with van der Waals surface area (Å²) in [5.74, 6) is 0. The van der Waals surface area contributed by atoms with Crippen LogP contribution in [0.5, 0.6) is 0 Å². The van der Waals surface area contributed by atoms with Crippen LogP contribution in [0.25, 0.3) is 74.3 Å². The highest BCUT2D eigenvalue weighted by Gasteiger charge is 2.17. The second kappa shape index (κ2) is 13.3. The monoisotopic (exact) mass is 712 g/mol. The third-order valence-electron chi connectivity index (χ3n) is 9.93. The summed E-state index contributed by atoms with van der Waals surface area (Å²) < 4.78 is 3.86. The third-order valence-corrected chi connectivity index (χ3v) is 12.2. The van der Waals surface area contributed by atoms with Crippen molar-refractivity contribution in [1.82, 2.24) is 4.98 Å². The molecule has 0 aliphatic carbocycles. The molecule has 0 aliphatic rings. The van der Waals surface area contributed by atoms with Gasteiger partial charge in [-0.15, -0.1) is 22.7 Å². The average molecular weight is 713 g/mol. The second-order valence-corrected chi connectivity index (χ2v) is 15.2. The smallest absolute Gasteiger partial charge is 0.124 e. The standard InChI is InChI=1S/C49H32N2S2/c1-4-12-34(13-5-1)41-18-10-11-19-42(41)35-22-27-40(28-23-35)51(38-16-8-3-9-17-38)39-25-20-33(21-26-39)37-24-30-45-43(32-37)47-46(52-45)31-29-44-48(47)53-49(50-44)36-14-6-2-7-15-36/h1-32H. The van der Waals surface area contributed by atoms with Crippen molar-refractivity contribution in [1.29, 1.82) is 0 Å². The van der Waals surface area contributed by atoms with Gasteiger partial charge in [0.1, 0.15) is 5.01 Å². The van der Waals surface area contributed by atoms with Crippen molar-refractivity contribution in [3.63, 3.8) is 0 Å². The predicted molar refractivity (Wildman–Crippen MR) is 229 cm³/mol. The minimum atomic E-state index is 1.06. The molecular weight excluding hydrogens is 681 g/mol. The van der Waals surface area contributed by atoms with E-state index in [1.54, 1.807) is 11.3 Å². The van der Waals surface area contributed by atoms with Crippen molar-refractivity contribution in [2.45, 2.75) is 0 Å². The molecule has 4 heteroatoms. The highest BCUT2D eigenvalue weighted by Crippen LogP contribution is 2.44. The Hall–Kier alpha value is -6.33. The molecule has 2 nitrogen and oxygen atoms in total. The lowest BCUT2D eigenvalue weighted by Crippen LogP contribution is -2.09. The van der Waals surface area contributed by atoms with Crippen LogP contribution in [0.2, 0.25) is 0 Å². The van der Waals surface area contributed by atoms with Crippen molar-refractivity contribution in [3.8, 4) is 44.0 Å². The van der Waals surface area contributed by atoms with Crippen molar-refractivity contribution in [2.24, 2.45) is 0 Å². The molecule has 0 unspecified atom stereocenters. The van der Waals surface area contributed by atoms with E-state index in [1.807, 2.05) is 11.3 Å². The molecule has 250 valence electrons. The molecule has 53 heavy (non-hydrogen) atoms. The van der Waals surface area contributed by atoms with E-state index in [0.717, 1.165) is 33.1 Å². The number of nitrogens with zero attached hydrogens (tertiary/aromatic N) is 2. The van der Waals surface area contributed by atoms with Crippen LogP contribution >= 0.6 is 22.7 Å². The maximum absolute atomic E-state index is 5.03. The second-order valence-electron chi connectivity index (χ2n) is 13.2. The molecule has 0 amide bonds. The summed E-state index contributed by atoms with van der Waals surface area (Å²) in [6.45, 7) is 0. The molecule has 0 N–H and O–H groups in total. The summed E-state index contributed by atoms with van der Waals surface area (Å²) in [6, 6.07) is 69.6. The average Bonchev–Trinajstić information content (AvgIpc) is 3.84. The molecular formula is C49H32N2S2. The fraction of sp³-hybridized carbons (Fsp3) is 0. The molecule has 0 saturated carbocycles. The Labute approximate surface area is 316 Å². The first-order valence-electron chi connectivity index (χ1n) is 17.8. The largest absolute Gasteiger partial charge is 0.311 e. The van der Waals surface area contributed by atoms with E-state index in [0.29, 0.717) is 0 Å². The maximum atomic E-state index is 5.03. The van der Waals surface area contributed by atoms with Crippen LogP contribution in [-0.2, 0) is 0 Å². The molecule has 10 aromatic rings. The van der Waals surface area contributed by atoms with Crippen LogP contribution in [-0.4, -0.2) is 4.98 Å². The SMILES string of the molecule is c1ccc(-c2nc3ccc4sc5ccc(-c6ccc(N(c7ccccc7)c7ccc(-c8ccccc8-c8ccccc8)cc7)cc6)cc5c4c3s2)cc1. The van der Waals surface area contributed by atoms with Crippen molar-refractivity contribution < 1.29 is 0 Å². The zero-order chi connectivity index (χ0) is 35.1. The number of hydrogen-bond acceptors (Lipinski definition) is 4. The molecule has 0 atom stereocenters. The summed E-state index contributed by atoms with van der Waals surface area (Å²) in [6.07, 6.45) is 0. The minimum Gasteiger partial charge on any atom is -0.311 e. The van der Waals surface area contributed by atoms with Gasteiger partial charge < -0.3 is 4.90 Å². The van der Waals surface area contributed by atoms with Gasteiger partial charge in [-0.05, 0) is 94.0 Å². The molecule has 0 fully saturated rings. The van der Waals surface area contributed by atoms with Crippen LogP contribution in [0.3, 0.4) is 0 Å². The molecule has 0 aliphatic heterocycles. The number of anilines is 3. The summed E-state index contributed by atoms with van der Waals surface area (Å²) in [5, 5.41) is 3.67. The van der Waals surface area contributed by atoms with Crippen molar-refractivity contribution >= 4 is 70.1 Å². The Morgan fingerprint density at radius 1 is 0.377 bits per heavy atom. The first-order chi connectivity index (χ1) is 26.3. The third kappa shape index (κ3) is 5.79. The Kier molecular flexibility index (Phi) is 7.90. The highest BCUT2D eigenvalue weighted by molar-refractivity contribution is 7.28. The lowest BCUT2D eigenvalue weighted by molar-refractivity contribution is 1.28. The molecule has 8 aromatic carbocycles. The number of thiazole rings is 1. The van der Waals surface area contributed by atoms with E-state index < -0.39 is 0 Å². The molecule has 0 saturated heterocycles. The summed E-state index contributed by atoms with van der Waals surface area (Å²) in [5.41, 5.74) is 12.8. The van der Waals surface area contributed by atoms with Crippen LogP contribution in [0.4, 0.5) is 17.1 Å². The molecule has 0 spiro atoms. The number of fused-ring (bicyclic) bond motifs is 5. The lowest BCUT2D eigenvalue weighted by atomic mass is 9.94. The molecule has 0 radical (unpaired) electrons. The molecule has 0 bridgehead atoms. The summed E-state index contributed by atoms with van der Waals surface area (Å²) in [4.78, 5) is 7.36. The molecule has 2 heterocycles. The molecule has 2 aromatic heterocycles. The molecule has 10 rings (SSSR count). The van der Waals surface area contributed by atoms with E-state index in [4.69, 9.17) is 4.98 Å². The zero-order valence-electron chi connectivity index (χ0n) is 28.7. The van der Waals surface area contributed by atoms with Gasteiger partial charge >= 0.3 is 0 Å². The number of benzene rings is 8. The van der Waals surface area contributed by atoms with Gasteiger partial charge in [0.2, 0.25) is 0 Å². The van der Waals surface area contributed by atoms with Crippen molar-refractivity contribution in [3.05, 3.63) is 194 Å². The van der Waals surface area contributed by atoms with E-state index in [2.05, 4.69) is 199 Å². The number of hydrogen-bond donors (Lipinski definition) is 0. The predicted octanol–water partition coefficient (Wildman–Crippen LogP) is 14.8. The van der Waals surface area contributed by atoms with Crippen LogP contribution in [0.1, 0.15) is 0 Å². The zero-order valence-corrected chi connectivity index (χ0v) is 30.3. The number of thiophene rings is 1. The van der Waals surface area contributed by atoms with Gasteiger partial charge in [-0.2, -0.15) is 0 Å². The van der Waals surface area contributed by atoms with Gasteiger partial charge in [-0.3, -0.25) is 0 Å². The van der Waals surface area contributed by atoms with E-state index in [1.165, 1.54) is 58.3 Å². The fourth-order valence-electron chi connectivity index (χ4n) is 7.35. The van der Waals surface area contributed by atoms with E-state index in [-0.39, 0.29) is 0 Å². The quantitative estimate of drug-likeness (QED) is 0.164. The van der Waals surface area contributed by atoms with Gasteiger partial charge in [0.15, 0.2) is 0 Å². The highest BCUT2D eigenvalue weighted by atomic mass is 32.1.